The van der Waals surface area contributed by atoms with Crippen LogP contribution in [-0.4, -0.2) is 85.5 Å². The average molecular weight is 728 g/mol. The molecule has 0 bridgehead atoms. The van der Waals surface area contributed by atoms with Gasteiger partial charge in [-0.05, 0) is 23.8 Å². The Morgan fingerprint density at radius 3 is 2.53 bits per heavy atom. The van der Waals surface area contributed by atoms with Crippen LogP contribution in [-0.2, 0) is 28.8 Å². The minimum atomic E-state index is -1.53. The van der Waals surface area contributed by atoms with Crippen LogP contribution in [0.3, 0.4) is 0 Å². The molecule has 0 saturated carbocycles. The van der Waals surface area contributed by atoms with Crippen molar-refractivity contribution in [1.29, 1.82) is 0 Å². The summed E-state index contributed by atoms with van der Waals surface area (Å²) in [4.78, 5) is 71.1. The third kappa shape index (κ3) is 8.13. The van der Waals surface area contributed by atoms with E-state index in [1.54, 1.807) is 6.07 Å². The van der Waals surface area contributed by atoms with Gasteiger partial charge >= 0.3 is 41.5 Å². The molecule has 4 heterocycles. The second-order valence-corrected chi connectivity index (χ2v) is 13.5. The molecule has 1 saturated heterocycles. The van der Waals surface area contributed by atoms with Gasteiger partial charge in [0, 0.05) is 36.3 Å². The predicted molar refractivity (Wildman–Crippen MR) is 166 cm³/mol. The third-order valence-electron chi connectivity index (χ3n) is 6.16. The zero-order valence-electron chi connectivity index (χ0n) is 25.0. The molecule has 2 aliphatic rings. The summed E-state index contributed by atoms with van der Waals surface area (Å²) in [5.41, 5.74) is 6.35. The summed E-state index contributed by atoms with van der Waals surface area (Å²) < 4.78 is 10.8. The molecule has 1 fully saturated rings. The number of thioether (sulfide) groups is 2. The first-order chi connectivity index (χ1) is 22.0. The van der Waals surface area contributed by atoms with Gasteiger partial charge in [0.05, 0.1) is 11.7 Å². The SMILES string of the molecule is CON=C(C(=O)N[C@@H]1C(=O)N2C(C(=O)[O-])=C(CSc3nnc(-c4ccc(OC(C)=O)c(OC(C)=O)c4)s3)CS[C@H]12)c1csc(N)n1.[Na+]. The second kappa shape index (κ2) is 15.6. The number of nitrogen functional groups attached to an aromatic ring is 1. The van der Waals surface area contributed by atoms with Crippen molar-refractivity contribution in [1.82, 2.24) is 25.4 Å². The molecule has 3 N–H and O–H groups in total. The number of aromatic nitrogens is 3. The number of carboxylic acid groups (broad SMARTS) is 1. The van der Waals surface area contributed by atoms with Crippen molar-refractivity contribution in [2.45, 2.75) is 29.6 Å². The van der Waals surface area contributed by atoms with Gasteiger partial charge in [0.2, 0.25) is 0 Å². The summed E-state index contributed by atoms with van der Waals surface area (Å²) in [6.45, 7) is 2.43. The topological polar surface area (TPSA) is 228 Å². The number of carbonyl (C=O) groups is 5. The van der Waals surface area contributed by atoms with Gasteiger partial charge in [0.1, 0.15) is 29.2 Å². The Labute approximate surface area is 304 Å². The predicted octanol–water partition coefficient (Wildman–Crippen LogP) is -2.35. The Balaban J connectivity index is 0.00000500. The molecule has 47 heavy (non-hydrogen) atoms. The van der Waals surface area contributed by atoms with Crippen molar-refractivity contribution in [3.63, 3.8) is 0 Å². The van der Waals surface area contributed by atoms with Crippen LogP contribution in [0.1, 0.15) is 19.5 Å². The van der Waals surface area contributed by atoms with Crippen molar-refractivity contribution in [2.75, 3.05) is 24.3 Å². The summed E-state index contributed by atoms with van der Waals surface area (Å²) >= 11 is 4.79. The number of β-lactam (4-membered cyclic amide) rings is 1. The molecule has 2 amide bonds. The standard InChI is InChI=1S/C26H23N7O9S4.Na/c1-10(34)41-15-5-4-12(6-16(15)42-11(2)35)21-30-31-26(46-21)45-8-13-7-43-23-18(22(37)33(23)19(13)24(38)39)29-20(36)17(32-40-3)14-9-44-25(27)28-14;/h4-6,9,18,23H,7-8H2,1-3H3,(H2,27,28)(H,29,36)(H,38,39);/q;+1/p-1/t18-,23-;/m1./s1. The van der Waals surface area contributed by atoms with Crippen LogP contribution in [0.25, 0.3) is 10.6 Å². The maximum atomic E-state index is 13.1. The summed E-state index contributed by atoms with van der Waals surface area (Å²) in [5, 5.41) is 28.3. The Morgan fingerprint density at radius 1 is 1.17 bits per heavy atom. The van der Waals surface area contributed by atoms with Gasteiger partial charge in [-0.3, -0.25) is 24.1 Å². The van der Waals surface area contributed by atoms with Crippen LogP contribution in [0.4, 0.5) is 5.13 Å². The number of thiazole rings is 1. The van der Waals surface area contributed by atoms with Crippen molar-refractivity contribution in [3.8, 4) is 22.1 Å². The number of benzene rings is 1. The van der Waals surface area contributed by atoms with Gasteiger partial charge in [0.25, 0.3) is 11.8 Å². The van der Waals surface area contributed by atoms with Crippen LogP contribution < -0.4 is 55.2 Å². The van der Waals surface area contributed by atoms with Gasteiger partial charge in [-0.2, -0.15) is 0 Å². The number of nitrogens with one attached hydrogen (secondary N) is 1. The molecule has 21 heteroatoms. The number of hydrogen-bond acceptors (Lipinski definition) is 18. The fourth-order valence-corrected chi connectivity index (χ4v) is 8.21. The quantitative estimate of drug-likeness (QED) is 0.0401. The largest absolute Gasteiger partial charge is 1.00 e. The van der Waals surface area contributed by atoms with Crippen LogP contribution >= 0.6 is 46.2 Å². The summed E-state index contributed by atoms with van der Waals surface area (Å²) in [6, 6.07) is 3.56. The van der Waals surface area contributed by atoms with Crippen molar-refractivity contribution < 1.29 is 72.9 Å². The molecule has 2 aliphatic heterocycles. The first-order valence-corrected chi connectivity index (χ1v) is 16.7. The first-order valence-electron chi connectivity index (χ1n) is 13.0. The van der Waals surface area contributed by atoms with Gasteiger partial charge in [-0.1, -0.05) is 28.3 Å². The number of nitrogens with zero attached hydrogens (tertiary/aromatic N) is 5. The minimum absolute atomic E-state index is 0. The number of amides is 2. The number of rotatable bonds is 11. The molecule has 1 aromatic carbocycles. The molecule has 16 nitrogen and oxygen atoms in total. The van der Waals surface area contributed by atoms with E-state index in [1.165, 1.54) is 73.3 Å². The number of oxime groups is 1. The van der Waals surface area contributed by atoms with Crippen molar-refractivity contribution in [2.24, 2.45) is 5.16 Å². The van der Waals surface area contributed by atoms with E-state index in [9.17, 15) is 29.1 Å². The number of ether oxygens (including phenoxy) is 2. The van der Waals surface area contributed by atoms with Crippen molar-refractivity contribution >= 4 is 86.8 Å². The minimum Gasteiger partial charge on any atom is -0.543 e. The number of fused-ring (bicyclic) bond motifs is 1. The average Bonchev–Trinajstić information content (AvgIpc) is 3.66. The molecular formula is C26H22N7NaO9S4. The summed E-state index contributed by atoms with van der Waals surface area (Å²) in [7, 11) is 1.25. The van der Waals surface area contributed by atoms with Crippen molar-refractivity contribution in [3.05, 3.63) is 40.5 Å². The van der Waals surface area contributed by atoms with E-state index in [0.717, 1.165) is 16.2 Å². The van der Waals surface area contributed by atoms with E-state index in [4.69, 9.17) is 20.0 Å². The fourth-order valence-electron chi connectivity index (χ4n) is 4.33. The fraction of sp³-hybridized carbons (Fsp3) is 0.269. The van der Waals surface area contributed by atoms with E-state index in [1.807, 2.05) is 0 Å². The number of carboxylic acids is 1. The Hall–Kier alpha value is -3.53. The molecule has 0 aliphatic carbocycles. The number of nitrogens with two attached hydrogens (primary N) is 1. The molecule has 2 aromatic heterocycles. The molecule has 240 valence electrons. The number of hydrogen-bond donors (Lipinski definition) is 2. The van der Waals surface area contributed by atoms with E-state index in [0.29, 0.717) is 20.5 Å². The van der Waals surface area contributed by atoms with Crippen LogP contribution in [0.15, 0.2) is 44.3 Å². The van der Waals surface area contributed by atoms with E-state index in [-0.39, 0.29) is 74.8 Å². The van der Waals surface area contributed by atoms with Gasteiger partial charge in [0.15, 0.2) is 26.7 Å². The number of anilines is 1. The molecule has 5 rings (SSSR count). The molecule has 0 radical (unpaired) electrons. The third-order valence-corrected chi connectivity index (χ3v) is 10.4. The van der Waals surface area contributed by atoms with Gasteiger partial charge in [-0.15, -0.1) is 33.3 Å². The Morgan fingerprint density at radius 2 is 1.89 bits per heavy atom. The van der Waals surface area contributed by atoms with Crippen LogP contribution in [0, 0.1) is 0 Å². The van der Waals surface area contributed by atoms with Gasteiger partial charge in [-0.25, -0.2) is 4.98 Å². The maximum absolute atomic E-state index is 13.1. The number of carbonyl (C=O) groups excluding carboxylic acids is 5. The van der Waals surface area contributed by atoms with E-state index in [2.05, 4.69) is 25.7 Å². The first kappa shape index (κ1) is 36.3. The zero-order valence-corrected chi connectivity index (χ0v) is 30.3. The van der Waals surface area contributed by atoms with Crippen LogP contribution in [0.5, 0.6) is 11.5 Å². The normalized spacial score (nSPS) is 17.2. The molecule has 0 spiro atoms. The Kier molecular flexibility index (Phi) is 12.0. The molecule has 3 aromatic rings. The van der Waals surface area contributed by atoms with Gasteiger partial charge < -0.3 is 35.3 Å². The Bertz CT molecular complexity index is 1810. The molecular weight excluding hydrogens is 706 g/mol. The van der Waals surface area contributed by atoms with Crippen LogP contribution in [0.2, 0.25) is 0 Å². The smallest absolute Gasteiger partial charge is 0.543 e. The summed E-state index contributed by atoms with van der Waals surface area (Å²) in [6.07, 6.45) is 0. The number of esters is 2. The zero-order chi connectivity index (χ0) is 33.1. The number of aliphatic carboxylic acids is 1. The molecule has 0 unspecified atom stereocenters. The second-order valence-electron chi connectivity index (χ2n) is 9.30. The van der Waals surface area contributed by atoms with E-state index < -0.39 is 41.1 Å². The molecule has 2 atom stereocenters. The maximum Gasteiger partial charge on any atom is 1.00 e. The van der Waals surface area contributed by atoms with E-state index >= 15 is 0 Å². The summed E-state index contributed by atoms with van der Waals surface area (Å²) in [5.74, 6) is -3.57. The monoisotopic (exact) mass is 727 g/mol.